The van der Waals surface area contributed by atoms with E-state index in [1.54, 1.807) is 6.08 Å². The Morgan fingerprint density at radius 3 is 2.50 bits per heavy atom. The van der Waals surface area contributed by atoms with Crippen LogP contribution in [-0.2, 0) is 19.0 Å². The Kier molecular flexibility index (Phi) is 5.31. The molecule has 0 spiro atoms. The summed E-state index contributed by atoms with van der Waals surface area (Å²) in [4.78, 5) is 11.9. The molecule has 0 aromatic heterocycles. The summed E-state index contributed by atoms with van der Waals surface area (Å²) >= 11 is 0. The lowest BCUT2D eigenvalue weighted by Crippen LogP contribution is -2.38. The molecule has 0 unspecified atom stereocenters. The second-order valence-electron chi connectivity index (χ2n) is 3.97. The average Bonchev–Trinajstić information content (AvgIpc) is 2.41. The van der Waals surface area contributed by atoms with Crippen molar-refractivity contribution in [2.24, 2.45) is 0 Å². The van der Waals surface area contributed by atoms with Crippen molar-refractivity contribution in [2.45, 2.75) is 25.0 Å². The van der Waals surface area contributed by atoms with E-state index >= 15 is 0 Å². The van der Waals surface area contributed by atoms with Gasteiger partial charge in [-0.1, -0.05) is 6.08 Å². The standard InChI is InChI=1S/C14H20O4/c1-5-6-7-8-11-12(15)9-10-14(17-3,18-4)13(11)16-2/h5,9-10H,1,6-8H2,2-4H3. The molecule has 0 saturated heterocycles. The van der Waals surface area contributed by atoms with Gasteiger partial charge in [0.15, 0.2) is 11.5 Å². The van der Waals surface area contributed by atoms with Crippen LogP contribution >= 0.6 is 0 Å². The molecule has 0 aromatic rings. The highest BCUT2D eigenvalue weighted by Gasteiger charge is 2.40. The van der Waals surface area contributed by atoms with E-state index in [0.29, 0.717) is 17.8 Å². The molecule has 0 fully saturated rings. The Balaban J connectivity index is 3.07. The third kappa shape index (κ3) is 2.71. The Morgan fingerprint density at radius 2 is 2.00 bits per heavy atom. The van der Waals surface area contributed by atoms with Crippen LogP contribution in [0.2, 0.25) is 0 Å². The summed E-state index contributed by atoms with van der Waals surface area (Å²) in [6.07, 6.45) is 7.19. The van der Waals surface area contributed by atoms with Crippen molar-refractivity contribution in [1.82, 2.24) is 0 Å². The van der Waals surface area contributed by atoms with Crippen LogP contribution in [0.5, 0.6) is 0 Å². The molecule has 1 rings (SSSR count). The normalized spacial score (nSPS) is 18.1. The van der Waals surface area contributed by atoms with Gasteiger partial charge in [-0.05, 0) is 31.4 Å². The van der Waals surface area contributed by atoms with Crippen LogP contribution in [-0.4, -0.2) is 32.9 Å². The maximum absolute atomic E-state index is 11.9. The van der Waals surface area contributed by atoms with Gasteiger partial charge in [0.2, 0.25) is 5.79 Å². The molecule has 1 aliphatic rings. The molecule has 0 saturated carbocycles. The summed E-state index contributed by atoms with van der Waals surface area (Å²) in [7, 11) is 4.55. The predicted molar refractivity (Wildman–Crippen MR) is 69.0 cm³/mol. The smallest absolute Gasteiger partial charge is 0.248 e. The summed E-state index contributed by atoms with van der Waals surface area (Å²) in [6.45, 7) is 3.67. The summed E-state index contributed by atoms with van der Waals surface area (Å²) in [5.41, 5.74) is 0.602. The van der Waals surface area contributed by atoms with Crippen molar-refractivity contribution in [3.05, 3.63) is 36.1 Å². The fraction of sp³-hybridized carbons (Fsp3) is 0.500. The summed E-state index contributed by atoms with van der Waals surface area (Å²) in [5, 5.41) is 0. The summed E-state index contributed by atoms with van der Waals surface area (Å²) in [6, 6.07) is 0. The highest BCUT2D eigenvalue weighted by molar-refractivity contribution is 6.05. The first-order valence-electron chi connectivity index (χ1n) is 5.87. The molecule has 0 bridgehead atoms. The lowest BCUT2D eigenvalue weighted by molar-refractivity contribution is -0.168. The number of methoxy groups -OCH3 is 3. The number of hydrogen-bond acceptors (Lipinski definition) is 4. The number of allylic oxidation sites excluding steroid dienone is 3. The number of ether oxygens (including phenoxy) is 3. The van der Waals surface area contributed by atoms with Crippen molar-refractivity contribution < 1.29 is 19.0 Å². The van der Waals surface area contributed by atoms with Crippen molar-refractivity contribution in [1.29, 1.82) is 0 Å². The van der Waals surface area contributed by atoms with Crippen LogP contribution in [0.25, 0.3) is 0 Å². The van der Waals surface area contributed by atoms with Crippen LogP contribution in [0.1, 0.15) is 19.3 Å². The molecule has 0 heterocycles. The molecule has 4 nitrogen and oxygen atoms in total. The van der Waals surface area contributed by atoms with Gasteiger partial charge in [0.25, 0.3) is 0 Å². The Morgan fingerprint density at radius 1 is 1.33 bits per heavy atom. The first-order valence-corrected chi connectivity index (χ1v) is 5.87. The second kappa shape index (κ2) is 6.52. The molecule has 0 N–H and O–H groups in total. The van der Waals surface area contributed by atoms with E-state index in [9.17, 15) is 4.79 Å². The number of hydrogen-bond donors (Lipinski definition) is 0. The highest BCUT2D eigenvalue weighted by Crippen LogP contribution is 2.33. The number of ketones is 1. The van der Waals surface area contributed by atoms with E-state index in [1.165, 1.54) is 27.4 Å². The molecule has 0 amide bonds. The lowest BCUT2D eigenvalue weighted by atomic mass is 9.93. The summed E-state index contributed by atoms with van der Waals surface area (Å²) < 4.78 is 16.0. The van der Waals surface area contributed by atoms with E-state index in [0.717, 1.165) is 12.8 Å². The number of carbonyl (C=O) groups excluding carboxylic acids is 1. The van der Waals surface area contributed by atoms with Crippen molar-refractivity contribution >= 4 is 5.78 Å². The van der Waals surface area contributed by atoms with Crippen molar-refractivity contribution in [2.75, 3.05) is 21.3 Å². The topological polar surface area (TPSA) is 44.8 Å². The van der Waals surface area contributed by atoms with Crippen LogP contribution < -0.4 is 0 Å². The van der Waals surface area contributed by atoms with Crippen LogP contribution in [0.3, 0.4) is 0 Å². The Labute approximate surface area is 108 Å². The van der Waals surface area contributed by atoms with Gasteiger partial charge in [0, 0.05) is 19.8 Å². The van der Waals surface area contributed by atoms with Gasteiger partial charge in [0.1, 0.15) is 0 Å². The van der Waals surface area contributed by atoms with Crippen LogP contribution in [0, 0.1) is 0 Å². The largest absolute Gasteiger partial charge is 0.495 e. The van der Waals surface area contributed by atoms with Crippen LogP contribution in [0.4, 0.5) is 0 Å². The zero-order chi connectivity index (χ0) is 13.6. The third-order valence-electron chi connectivity index (χ3n) is 2.99. The molecule has 0 radical (unpaired) electrons. The molecule has 18 heavy (non-hydrogen) atoms. The van der Waals surface area contributed by atoms with E-state index in [-0.39, 0.29) is 5.78 Å². The molecular weight excluding hydrogens is 232 g/mol. The van der Waals surface area contributed by atoms with Crippen molar-refractivity contribution in [3.63, 3.8) is 0 Å². The van der Waals surface area contributed by atoms with Gasteiger partial charge in [0.05, 0.1) is 7.11 Å². The molecule has 0 aliphatic heterocycles. The zero-order valence-electron chi connectivity index (χ0n) is 11.2. The fourth-order valence-corrected chi connectivity index (χ4v) is 2.01. The molecular formula is C14H20O4. The number of rotatable bonds is 7. The minimum Gasteiger partial charge on any atom is -0.495 e. The fourth-order valence-electron chi connectivity index (χ4n) is 2.01. The Bertz CT molecular complexity index is 375. The first-order chi connectivity index (χ1) is 8.65. The van der Waals surface area contributed by atoms with Gasteiger partial charge in [-0.15, -0.1) is 6.58 Å². The number of unbranched alkanes of at least 4 members (excludes halogenated alkanes) is 1. The third-order valence-corrected chi connectivity index (χ3v) is 2.99. The van der Waals surface area contributed by atoms with E-state index in [1.807, 2.05) is 6.08 Å². The van der Waals surface area contributed by atoms with Gasteiger partial charge >= 0.3 is 0 Å². The minimum atomic E-state index is -1.09. The van der Waals surface area contributed by atoms with E-state index < -0.39 is 5.79 Å². The number of carbonyl (C=O) groups is 1. The quantitative estimate of drug-likeness (QED) is 0.396. The molecule has 100 valence electrons. The SMILES string of the molecule is C=CCCCC1=C(OC)C(OC)(OC)C=CC1=O. The van der Waals surface area contributed by atoms with Gasteiger partial charge in [-0.25, -0.2) is 0 Å². The monoisotopic (exact) mass is 252 g/mol. The molecule has 4 heteroatoms. The molecule has 0 aromatic carbocycles. The van der Waals surface area contributed by atoms with Crippen molar-refractivity contribution in [3.8, 4) is 0 Å². The molecule has 0 atom stereocenters. The summed E-state index contributed by atoms with van der Waals surface area (Å²) in [5.74, 6) is -0.712. The molecule has 1 aliphatic carbocycles. The van der Waals surface area contributed by atoms with E-state index in [2.05, 4.69) is 6.58 Å². The maximum Gasteiger partial charge on any atom is 0.248 e. The predicted octanol–water partition coefficient (Wildman–Crippen LogP) is 2.37. The zero-order valence-corrected chi connectivity index (χ0v) is 11.2. The average molecular weight is 252 g/mol. The van der Waals surface area contributed by atoms with Gasteiger partial charge in [-0.2, -0.15) is 0 Å². The highest BCUT2D eigenvalue weighted by atomic mass is 16.7. The lowest BCUT2D eigenvalue weighted by Gasteiger charge is -2.32. The van der Waals surface area contributed by atoms with Gasteiger partial charge < -0.3 is 14.2 Å². The Hall–Kier alpha value is -1.39. The first kappa shape index (κ1) is 14.7. The van der Waals surface area contributed by atoms with E-state index in [4.69, 9.17) is 14.2 Å². The van der Waals surface area contributed by atoms with Gasteiger partial charge in [-0.3, -0.25) is 4.79 Å². The van der Waals surface area contributed by atoms with Crippen LogP contribution in [0.15, 0.2) is 36.1 Å². The minimum absolute atomic E-state index is 0.0550. The second-order valence-corrected chi connectivity index (χ2v) is 3.97. The maximum atomic E-state index is 11.9.